The van der Waals surface area contributed by atoms with E-state index in [9.17, 15) is 4.79 Å². The number of carbonyl (C=O) groups excluding carboxylic acids is 1. The molecule has 3 N–H and O–H groups in total. The zero-order chi connectivity index (χ0) is 12.8. The highest BCUT2D eigenvalue weighted by molar-refractivity contribution is 9.10. The van der Waals surface area contributed by atoms with Gasteiger partial charge >= 0.3 is 0 Å². The molecule has 17 heavy (non-hydrogen) atoms. The first-order valence-electron chi connectivity index (χ1n) is 5.65. The van der Waals surface area contributed by atoms with Crippen molar-refractivity contribution in [2.45, 2.75) is 13.8 Å². The summed E-state index contributed by atoms with van der Waals surface area (Å²) in [5, 5.41) is 2.78. The van der Waals surface area contributed by atoms with Crippen LogP contribution in [0.15, 0.2) is 22.7 Å². The molecule has 0 unspecified atom stereocenters. The molecule has 0 saturated carbocycles. The van der Waals surface area contributed by atoms with Gasteiger partial charge < -0.3 is 16.0 Å². The first-order valence-corrected chi connectivity index (χ1v) is 6.44. The Kier molecular flexibility index (Phi) is 5.28. The fourth-order valence-corrected chi connectivity index (χ4v) is 1.93. The van der Waals surface area contributed by atoms with Crippen LogP contribution >= 0.6 is 15.9 Å². The van der Waals surface area contributed by atoms with Gasteiger partial charge in [0.2, 0.25) is 5.91 Å². The summed E-state index contributed by atoms with van der Waals surface area (Å²) >= 11 is 3.41. The third-order valence-corrected chi connectivity index (χ3v) is 2.92. The summed E-state index contributed by atoms with van der Waals surface area (Å²) in [6.45, 7) is 5.61. The highest BCUT2D eigenvalue weighted by atomic mass is 79.9. The number of nitrogens with two attached hydrogens (primary N) is 1. The summed E-state index contributed by atoms with van der Waals surface area (Å²) in [7, 11) is 0. The number of nitrogens with zero attached hydrogens (tertiary/aromatic N) is 1. The van der Waals surface area contributed by atoms with Gasteiger partial charge in [-0.2, -0.15) is 0 Å². The predicted molar refractivity (Wildman–Crippen MR) is 75.1 cm³/mol. The number of likely N-dealkylation sites (N-methyl/N-ethyl adjacent to an activating group) is 2. The molecule has 0 atom stereocenters. The van der Waals surface area contributed by atoms with E-state index in [1.54, 1.807) is 0 Å². The van der Waals surface area contributed by atoms with Gasteiger partial charge in [0.25, 0.3) is 0 Å². The lowest BCUT2D eigenvalue weighted by Crippen LogP contribution is -2.37. The van der Waals surface area contributed by atoms with Crippen LogP contribution in [0.1, 0.15) is 13.8 Å². The van der Waals surface area contributed by atoms with Crippen molar-refractivity contribution in [3.8, 4) is 0 Å². The van der Waals surface area contributed by atoms with Crippen LogP contribution in [0.3, 0.4) is 0 Å². The first kappa shape index (κ1) is 13.8. The number of amides is 1. The lowest BCUT2D eigenvalue weighted by molar-refractivity contribution is -0.119. The summed E-state index contributed by atoms with van der Waals surface area (Å²) in [6, 6.07) is 5.65. The van der Waals surface area contributed by atoms with Crippen molar-refractivity contribution in [2.75, 3.05) is 30.3 Å². The largest absolute Gasteiger partial charge is 0.397 e. The molecule has 0 aromatic heterocycles. The number of hydrogen-bond donors (Lipinski definition) is 2. The molecule has 1 rings (SSSR count). The van der Waals surface area contributed by atoms with Crippen LogP contribution in [0.2, 0.25) is 0 Å². The predicted octanol–water partition coefficient (Wildman–Crippen LogP) is 1.99. The molecule has 0 saturated heterocycles. The number of benzene rings is 1. The van der Waals surface area contributed by atoms with Crippen molar-refractivity contribution in [3.63, 3.8) is 0 Å². The van der Waals surface area contributed by atoms with Crippen molar-refractivity contribution in [1.82, 2.24) is 5.32 Å². The van der Waals surface area contributed by atoms with E-state index in [2.05, 4.69) is 21.2 Å². The number of nitrogen functional groups attached to an aromatic ring is 1. The first-order chi connectivity index (χ1) is 8.08. The van der Waals surface area contributed by atoms with Gasteiger partial charge in [0.15, 0.2) is 0 Å². The summed E-state index contributed by atoms with van der Waals surface area (Å²) in [5.74, 6) is 0.00808. The van der Waals surface area contributed by atoms with Crippen LogP contribution < -0.4 is 16.0 Å². The van der Waals surface area contributed by atoms with E-state index in [0.717, 1.165) is 16.7 Å². The molecule has 0 spiro atoms. The lowest BCUT2D eigenvalue weighted by atomic mass is 10.2. The Labute approximate surface area is 110 Å². The number of hydrogen-bond acceptors (Lipinski definition) is 3. The molecule has 1 aromatic carbocycles. The second kappa shape index (κ2) is 6.49. The highest BCUT2D eigenvalue weighted by Crippen LogP contribution is 2.26. The van der Waals surface area contributed by atoms with Crippen molar-refractivity contribution in [1.29, 1.82) is 0 Å². The van der Waals surface area contributed by atoms with Gasteiger partial charge in [-0.15, -0.1) is 0 Å². The van der Waals surface area contributed by atoms with Gasteiger partial charge in [-0.25, -0.2) is 0 Å². The second-order valence-electron chi connectivity index (χ2n) is 3.67. The fraction of sp³-hybridized carbons (Fsp3) is 0.417. The smallest absolute Gasteiger partial charge is 0.239 e. The summed E-state index contributed by atoms with van der Waals surface area (Å²) in [6.07, 6.45) is 0. The maximum Gasteiger partial charge on any atom is 0.239 e. The average Bonchev–Trinajstić information content (AvgIpc) is 2.30. The zero-order valence-electron chi connectivity index (χ0n) is 10.2. The summed E-state index contributed by atoms with van der Waals surface area (Å²) < 4.78 is 0.955. The standard InChI is InChI=1S/C12H18BrN3O/c1-3-15-12(17)8-16(4-2)11-7-9(13)5-6-10(11)14/h5-7H,3-4,8,14H2,1-2H3,(H,15,17). The van der Waals surface area contributed by atoms with Gasteiger partial charge in [-0.05, 0) is 32.0 Å². The molecule has 0 heterocycles. The molecule has 94 valence electrons. The van der Waals surface area contributed by atoms with E-state index >= 15 is 0 Å². The van der Waals surface area contributed by atoms with Crippen LogP contribution in [0.4, 0.5) is 11.4 Å². The number of nitrogens with one attached hydrogen (secondary N) is 1. The summed E-state index contributed by atoms with van der Waals surface area (Å²) in [5.41, 5.74) is 7.48. The molecular formula is C12H18BrN3O. The molecule has 0 bridgehead atoms. The molecule has 4 nitrogen and oxygen atoms in total. The molecular weight excluding hydrogens is 282 g/mol. The average molecular weight is 300 g/mol. The van der Waals surface area contributed by atoms with E-state index in [4.69, 9.17) is 5.73 Å². The quantitative estimate of drug-likeness (QED) is 0.818. The number of rotatable bonds is 5. The maximum atomic E-state index is 11.6. The van der Waals surface area contributed by atoms with E-state index < -0.39 is 0 Å². The zero-order valence-corrected chi connectivity index (χ0v) is 11.8. The van der Waals surface area contributed by atoms with Crippen LogP contribution in [-0.2, 0) is 4.79 Å². The van der Waals surface area contributed by atoms with E-state index in [1.807, 2.05) is 36.9 Å². The molecule has 0 radical (unpaired) electrons. The highest BCUT2D eigenvalue weighted by Gasteiger charge is 2.12. The number of halogens is 1. The minimum atomic E-state index is 0.00808. The Bertz CT molecular complexity index is 395. The van der Waals surface area contributed by atoms with Crippen LogP contribution in [0, 0.1) is 0 Å². The third kappa shape index (κ3) is 3.93. The van der Waals surface area contributed by atoms with E-state index in [-0.39, 0.29) is 5.91 Å². The molecule has 0 aliphatic carbocycles. The minimum Gasteiger partial charge on any atom is -0.397 e. The van der Waals surface area contributed by atoms with Gasteiger partial charge in [0.05, 0.1) is 17.9 Å². The SMILES string of the molecule is CCNC(=O)CN(CC)c1cc(Br)ccc1N. The topological polar surface area (TPSA) is 58.4 Å². The molecule has 0 aliphatic heterocycles. The Morgan fingerprint density at radius 2 is 2.18 bits per heavy atom. The Balaban J connectivity index is 2.85. The fourth-order valence-electron chi connectivity index (χ4n) is 1.58. The van der Waals surface area contributed by atoms with Crippen molar-refractivity contribution < 1.29 is 4.79 Å². The van der Waals surface area contributed by atoms with Crippen molar-refractivity contribution in [2.24, 2.45) is 0 Å². The summed E-state index contributed by atoms with van der Waals surface area (Å²) in [4.78, 5) is 13.5. The number of carbonyl (C=O) groups is 1. The minimum absolute atomic E-state index is 0.00808. The van der Waals surface area contributed by atoms with Gasteiger partial charge in [-0.3, -0.25) is 4.79 Å². The monoisotopic (exact) mass is 299 g/mol. The lowest BCUT2D eigenvalue weighted by Gasteiger charge is -2.24. The Hall–Kier alpha value is -1.23. The molecule has 0 aliphatic rings. The number of anilines is 2. The van der Waals surface area contributed by atoms with Gasteiger partial charge in [0.1, 0.15) is 0 Å². The van der Waals surface area contributed by atoms with E-state index in [0.29, 0.717) is 18.8 Å². The molecule has 0 fully saturated rings. The van der Waals surface area contributed by atoms with Crippen molar-refractivity contribution >= 4 is 33.2 Å². The van der Waals surface area contributed by atoms with Crippen LogP contribution in [0.25, 0.3) is 0 Å². The molecule has 1 aromatic rings. The molecule has 5 heteroatoms. The normalized spacial score (nSPS) is 10.1. The second-order valence-corrected chi connectivity index (χ2v) is 4.59. The van der Waals surface area contributed by atoms with Crippen molar-refractivity contribution in [3.05, 3.63) is 22.7 Å². The third-order valence-electron chi connectivity index (χ3n) is 2.42. The molecule has 1 amide bonds. The van der Waals surface area contributed by atoms with Crippen LogP contribution in [-0.4, -0.2) is 25.5 Å². The van der Waals surface area contributed by atoms with Gasteiger partial charge in [-0.1, -0.05) is 15.9 Å². The Morgan fingerprint density at radius 1 is 1.47 bits per heavy atom. The van der Waals surface area contributed by atoms with E-state index in [1.165, 1.54) is 0 Å². The maximum absolute atomic E-state index is 11.6. The van der Waals surface area contributed by atoms with Gasteiger partial charge in [0, 0.05) is 17.6 Å². The Morgan fingerprint density at radius 3 is 2.76 bits per heavy atom. The van der Waals surface area contributed by atoms with Crippen LogP contribution in [0.5, 0.6) is 0 Å².